The first-order chi connectivity index (χ1) is 8.02. The van der Waals surface area contributed by atoms with Crippen LogP contribution in [0, 0.1) is 5.92 Å². The number of hydrogen-bond donors (Lipinski definition) is 1. The van der Waals surface area contributed by atoms with Gasteiger partial charge in [-0.2, -0.15) is 11.8 Å². The Labute approximate surface area is 106 Å². The van der Waals surface area contributed by atoms with Gasteiger partial charge in [-0.15, -0.1) is 0 Å². The standard InChI is InChI=1S/C12H20N2O2S/c1-7(2)10-11(15)13-8(3)12(16)14(10)9-4-5-17-6-9/h7-10H,4-6H2,1-3H3,(H,13,15). The molecule has 4 nitrogen and oxygen atoms in total. The second-order valence-electron chi connectivity index (χ2n) is 5.18. The molecule has 0 aromatic rings. The molecule has 0 aromatic carbocycles. The minimum atomic E-state index is -0.372. The van der Waals surface area contributed by atoms with Gasteiger partial charge >= 0.3 is 0 Å². The highest BCUT2D eigenvalue weighted by Crippen LogP contribution is 2.28. The van der Waals surface area contributed by atoms with Gasteiger partial charge in [0.25, 0.3) is 0 Å². The molecule has 5 heteroatoms. The normalized spacial score (nSPS) is 34.4. The first-order valence-corrected chi connectivity index (χ1v) is 7.38. The highest BCUT2D eigenvalue weighted by atomic mass is 32.2. The molecule has 2 aliphatic rings. The summed E-state index contributed by atoms with van der Waals surface area (Å²) in [5.41, 5.74) is 0. The van der Waals surface area contributed by atoms with E-state index in [0.717, 1.165) is 17.9 Å². The summed E-state index contributed by atoms with van der Waals surface area (Å²) < 4.78 is 0. The average molecular weight is 256 g/mol. The Morgan fingerprint density at radius 1 is 1.41 bits per heavy atom. The number of carbonyl (C=O) groups excluding carboxylic acids is 2. The molecular formula is C12H20N2O2S. The van der Waals surface area contributed by atoms with Crippen molar-refractivity contribution in [2.45, 2.75) is 45.3 Å². The second kappa shape index (κ2) is 4.88. The zero-order chi connectivity index (χ0) is 12.6. The van der Waals surface area contributed by atoms with Crippen LogP contribution in [0.3, 0.4) is 0 Å². The van der Waals surface area contributed by atoms with Crippen molar-refractivity contribution < 1.29 is 9.59 Å². The minimum absolute atomic E-state index is 0.00370. The zero-order valence-electron chi connectivity index (χ0n) is 10.6. The predicted octanol–water partition coefficient (Wildman–Crippen LogP) is 0.863. The van der Waals surface area contributed by atoms with Crippen LogP contribution in [-0.4, -0.2) is 46.3 Å². The Morgan fingerprint density at radius 2 is 2.12 bits per heavy atom. The molecule has 1 N–H and O–H groups in total. The van der Waals surface area contributed by atoms with E-state index in [4.69, 9.17) is 0 Å². The molecule has 2 rings (SSSR count). The molecule has 0 bridgehead atoms. The van der Waals surface area contributed by atoms with E-state index < -0.39 is 0 Å². The van der Waals surface area contributed by atoms with Crippen LogP contribution in [-0.2, 0) is 9.59 Å². The summed E-state index contributed by atoms with van der Waals surface area (Å²) in [7, 11) is 0. The van der Waals surface area contributed by atoms with Crippen LogP contribution in [0.2, 0.25) is 0 Å². The van der Waals surface area contributed by atoms with Crippen LogP contribution < -0.4 is 5.32 Å². The van der Waals surface area contributed by atoms with Gasteiger partial charge in [0.05, 0.1) is 0 Å². The van der Waals surface area contributed by atoms with Crippen molar-refractivity contribution in [2.75, 3.05) is 11.5 Å². The fourth-order valence-corrected chi connectivity index (χ4v) is 3.82. The third kappa shape index (κ3) is 2.30. The smallest absolute Gasteiger partial charge is 0.245 e. The third-order valence-corrected chi connectivity index (χ3v) is 4.63. The lowest BCUT2D eigenvalue weighted by Crippen LogP contribution is -2.66. The third-order valence-electron chi connectivity index (χ3n) is 3.48. The first-order valence-electron chi connectivity index (χ1n) is 6.22. The molecule has 0 spiro atoms. The quantitative estimate of drug-likeness (QED) is 0.797. The summed E-state index contributed by atoms with van der Waals surface area (Å²) in [5.74, 6) is 2.31. The maximum absolute atomic E-state index is 12.3. The minimum Gasteiger partial charge on any atom is -0.343 e. The molecule has 2 saturated heterocycles. The number of hydrogen-bond acceptors (Lipinski definition) is 3. The van der Waals surface area contributed by atoms with Crippen molar-refractivity contribution in [1.29, 1.82) is 0 Å². The lowest BCUT2D eigenvalue weighted by Gasteiger charge is -2.43. The van der Waals surface area contributed by atoms with Crippen LogP contribution in [0.1, 0.15) is 27.2 Å². The maximum atomic E-state index is 12.3. The molecule has 2 fully saturated rings. The van der Waals surface area contributed by atoms with E-state index in [9.17, 15) is 9.59 Å². The summed E-state index contributed by atoms with van der Waals surface area (Å²) in [6.07, 6.45) is 1.01. The van der Waals surface area contributed by atoms with Crippen molar-refractivity contribution >= 4 is 23.6 Å². The van der Waals surface area contributed by atoms with Crippen LogP contribution >= 0.6 is 11.8 Å². The van der Waals surface area contributed by atoms with E-state index in [0.29, 0.717) is 0 Å². The molecule has 2 aliphatic heterocycles. The lowest BCUT2D eigenvalue weighted by molar-refractivity contribution is -0.153. The molecule has 0 radical (unpaired) electrons. The van der Waals surface area contributed by atoms with Crippen molar-refractivity contribution in [1.82, 2.24) is 10.2 Å². The fourth-order valence-electron chi connectivity index (χ4n) is 2.62. The van der Waals surface area contributed by atoms with E-state index >= 15 is 0 Å². The molecule has 0 aromatic heterocycles. The topological polar surface area (TPSA) is 49.4 Å². The van der Waals surface area contributed by atoms with Crippen molar-refractivity contribution in [3.05, 3.63) is 0 Å². The Hall–Kier alpha value is -0.710. The molecule has 0 aliphatic carbocycles. The van der Waals surface area contributed by atoms with Crippen molar-refractivity contribution in [3.63, 3.8) is 0 Å². The predicted molar refractivity (Wildman–Crippen MR) is 68.8 cm³/mol. The van der Waals surface area contributed by atoms with Gasteiger partial charge in [0.15, 0.2) is 0 Å². The number of amides is 2. The van der Waals surface area contributed by atoms with Crippen LogP contribution in [0.25, 0.3) is 0 Å². The summed E-state index contributed by atoms with van der Waals surface area (Å²) in [6.45, 7) is 5.77. The Bertz CT molecular complexity index is 326. The highest BCUT2D eigenvalue weighted by molar-refractivity contribution is 7.99. The first kappa shape index (κ1) is 12.7. The van der Waals surface area contributed by atoms with Gasteiger partial charge in [0, 0.05) is 11.8 Å². The molecule has 2 heterocycles. The van der Waals surface area contributed by atoms with Gasteiger partial charge in [-0.05, 0) is 25.0 Å². The molecule has 2 amide bonds. The molecule has 3 atom stereocenters. The second-order valence-corrected chi connectivity index (χ2v) is 6.33. The Kier molecular flexibility index (Phi) is 3.66. The van der Waals surface area contributed by atoms with Gasteiger partial charge < -0.3 is 10.2 Å². The Balaban J connectivity index is 2.26. The van der Waals surface area contributed by atoms with E-state index in [1.807, 2.05) is 30.5 Å². The van der Waals surface area contributed by atoms with Gasteiger partial charge in [-0.1, -0.05) is 13.8 Å². The van der Waals surface area contributed by atoms with E-state index in [1.165, 1.54) is 0 Å². The summed E-state index contributed by atoms with van der Waals surface area (Å²) >= 11 is 1.87. The van der Waals surface area contributed by atoms with Crippen LogP contribution in [0.5, 0.6) is 0 Å². The fraction of sp³-hybridized carbons (Fsp3) is 0.833. The lowest BCUT2D eigenvalue weighted by atomic mass is 9.95. The van der Waals surface area contributed by atoms with Crippen LogP contribution in [0.15, 0.2) is 0 Å². The van der Waals surface area contributed by atoms with Crippen molar-refractivity contribution in [3.8, 4) is 0 Å². The molecule has 96 valence electrons. The monoisotopic (exact) mass is 256 g/mol. The SMILES string of the molecule is CC1NC(=O)C(C(C)C)N(C2CCSC2)C1=O. The van der Waals surface area contributed by atoms with Crippen molar-refractivity contribution in [2.24, 2.45) is 5.92 Å². The summed E-state index contributed by atoms with van der Waals surface area (Å²) in [5, 5.41) is 2.78. The highest BCUT2D eigenvalue weighted by Gasteiger charge is 2.44. The average Bonchev–Trinajstić information content (AvgIpc) is 2.75. The summed E-state index contributed by atoms with van der Waals surface area (Å²) in [6, 6.07) is -0.418. The number of rotatable bonds is 2. The zero-order valence-corrected chi connectivity index (χ0v) is 11.4. The maximum Gasteiger partial charge on any atom is 0.245 e. The molecule has 17 heavy (non-hydrogen) atoms. The van der Waals surface area contributed by atoms with Gasteiger partial charge in [-0.3, -0.25) is 9.59 Å². The van der Waals surface area contributed by atoms with Gasteiger partial charge in [-0.25, -0.2) is 0 Å². The number of thioether (sulfide) groups is 1. The number of carbonyl (C=O) groups is 2. The van der Waals surface area contributed by atoms with Gasteiger partial charge in [0.1, 0.15) is 12.1 Å². The number of nitrogens with one attached hydrogen (secondary N) is 1. The van der Waals surface area contributed by atoms with Gasteiger partial charge in [0.2, 0.25) is 11.8 Å². The molecule has 0 saturated carbocycles. The molecular weight excluding hydrogens is 236 g/mol. The van der Waals surface area contributed by atoms with Crippen LogP contribution in [0.4, 0.5) is 0 Å². The largest absolute Gasteiger partial charge is 0.343 e. The summed E-state index contributed by atoms with van der Waals surface area (Å²) in [4.78, 5) is 26.2. The number of nitrogens with zero attached hydrogens (tertiary/aromatic N) is 1. The number of piperazine rings is 1. The van der Waals surface area contributed by atoms with E-state index in [1.54, 1.807) is 6.92 Å². The van der Waals surface area contributed by atoms with E-state index in [2.05, 4.69) is 5.32 Å². The molecule has 3 unspecified atom stereocenters. The Morgan fingerprint density at radius 3 is 2.65 bits per heavy atom. The van der Waals surface area contributed by atoms with E-state index in [-0.39, 0.29) is 35.9 Å².